The molecule has 0 aliphatic heterocycles. The van der Waals surface area contributed by atoms with Crippen molar-refractivity contribution in [3.63, 3.8) is 0 Å². The molecule has 104 valence electrons. The minimum atomic E-state index is -3.61. The van der Waals surface area contributed by atoms with E-state index in [-0.39, 0.29) is 21.7 Å². The largest absolute Gasteiger partial charge is 0.377 e. The maximum Gasteiger partial charge on any atom is 0.305 e. The van der Waals surface area contributed by atoms with Gasteiger partial charge in [0.25, 0.3) is 10.0 Å². The topological polar surface area (TPSA) is 79.5 Å². The molecule has 0 fully saturated rings. The molecular formula is C10H18N2O4S2. The van der Waals surface area contributed by atoms with E-state index in [2.05, 4.69) is 4.98 Å². The zero-order valence-electron chi connectivity index (χ0n) is 10.9. The van der Waals surface area contributed by atoms with E-state index in [1.165, 1.54) is 11.4 Å². The van der Waals surface area contributed by atoms with Crippen LogP contribution in [0.5, 0.6) is 0 Å². The highest BCUT2D eigenvalue weighted by atomic mass is 32.2. The molecule has 1 rings (SSSR count). The van der Waals surface area contributed by atoms with E-state index in [0.717, 1.165) is 0 Å². The lowest BCUT2D eigenvalue weighted by atomic mass is 10.5. The van der Waals surface area contributed by atoms with E-state index in [4.69, 9.17) is 4.74 Å². The summed E-state index contributed by atoms with van der Waals surface area (Å²) in [6.45, 7) is 5.92. The lowest BCUT2D eigenvalue weighted by Gasteiger charge is -2.17. The first-order valence-corrected chi connectivity index (χ1v) is 7.78. The van der Waals surface area contributed by atoms with Crippen LogP contribution in [0.4, 0.5) is 0 Å². The Labute approximate surface area is 111 Å². The third-order valence-electron chi connectivity index (χ3n) is 2.28. The lowest BCUT2D eigenvalue weighted by Crippen LogP contribution is -2.30. The van der Waals surface area contributed by atoms with E-state index in [1.807, 2.05) is 13.8 Å². The van der Waals surface area contributed by atoms with Gasteiger partial charge in [-0.15, -0.1) is 0 Å². The minimum absolute atomic E-state index is 0.0613. The number of likely N-dealkylation sites (N-methyl/N-ethyl adjacent to an activating group) is 1. The second-order valence-corrected chi connectivity index (χ2v) is 7.40. The molecule has 1 N–H and O–H groups in total. The van der Waals surface area contributed by atoms with Crippen LogP contribution in [0.15, 0.2) is 9.00 Å². The molecule has 0 unspecified atom stereocenters. The SMILES string of the molecule is Cc1[nH]c(=O)sc1S(=O)(=O)N(C)CCOC(C)C. The van der Waals surface area contributed by atoms with Gasteiger partial charge >= 0.3 is 4.87 Å². The molecule has 6 nitrogen and oxygen atoms in total. The number of H-pyrrole nitrogens is 1. The van der Waals surface area contributed by atoms with Crippen molar-refractivity contribution in [1.82, 2.24) is 9.29 Å². The van der Waals surface area contributed by atoms with Crippen molar-refractivity contribution >= 4 is 21.4 Å². The molecule has 0 radical (unpaired) electrons. The van der Waals surface area contributed by atoms with Gasteiger partial charge in [-0.2, -0.15) is 4.31 Å². The van der Waals surface area contributed by atoms with Gasteiger partial charge in [0.05, 0.1) is 12.7 Å². The minimum Gasteiger partial charge on any atom is -0.377 e. The molecule has 1 aromatic rings. The molecule has 0 amide bonds. The first kappa shape index (κ1) is 15.4. The summed E-state index contributed by atoms with van der Waals surface area (Å²) in [6.07, 6.45) is 0.0613. The van der Waals surface area contributed by atoms with Gasteiger partial charge in [0.15, 0.2) is 4.21 Å². The molecule has 0 aromatic carbocycles. The van der Waals surface area contributed by atoms with Crippen LogP contribution >= 0.6 is 11.3 Å². The molecule has 8 heteroatoms. The van der Waals surface area contributed by atoms with Gasteiger partial charge in [-0.05, 0) is 20.8 Å². The Morgan fingerprint density at radius 2 is 2.06 bits per heavy atom. The molecule has 0 spiro atoms. The Bertz CT molecular complexity index is 544. The zero-order valence-corrected chi connectivity index (χ0v) is 12.5. The molecule has 0 aliphatic carbocycles. The quantitative estimate of drug-likeness (QED) is 0.841. The van der Waals surface area contributed by atoms with Gasteiger partial charge in [0, 0.05) is 19.3 Å². The van der Waals surface area contributed by atoms with Crippen LogP contribution in [0, 0.1) is 6.92 Å². The summed E-state index contributed by atoms with van der Waals surface area (Å²) in [7, 11) is -2.13. The number of ether oxygens (including phenoxy) is 1. The van der Waals surface area contributed by atoms with Gasteiger partial charge in [-0.1, -0.05) is 11.3 Å². The van der Waals surface area contributed by atoms with Crippen molar-refractivity contribution in [3.05, 3.63) is 15.4 Å². The molecule has 0 bridgehead atoms. The van der Waals surface area contributed by atoms with Gasteiger partial charge in [-0.25, -0.2) is 8.42 Å². The zero-order chi connectivity index (χ0) is 13.9. The highest BCUT2D eigenvalue weighted by molar-refractivity contribution is 7.91. The van der Waals surface area contributed by atoms with E-state index < -0.39 is 10.0 Å². The molecule has 0 saturated heterocycles. The lowest BCUT2D eigenvalue weighted by molar-refractivity contribution is 0.0737. The number of aromatic amines is 1. The normalized spacial score (nSPS) is 12.6. The van der Waals surface area contributed by atoms with Crippen molar-refractivity contribution in [2.24, 2.45) is 0 Å². The summed E-state index contributed by atoms with van der Waals surface area (Å²) < 4.78 is 30.9. The maximum atomic E-state index is 12.2. The Kier molecular flexibility index (Phi) is 5.09. The maximum absolute atomic E-state index is 12.2. The van der Waals surface area contributed by atoms with Crippen LogP contribution in [0.1, 0.15) is 19.5 Å². The Morgan fingerprint density at radius 3 is 2.50 bits per heavy atom. The van der Waals surface area contributed by atoms with Gasteiger partial charge in [-0.3, -0.25) is 4.79 Å². The number of nitrogens with zero attached hydrogens (tertiary/aromatic N) is 1. The summed E-state index contributed by atoms with van der Waals surface area (Å²) in [6, 6.07) is 0. The monoisotopic (exact) mass is 294 g/mol. The van der Waals surface area contributed by atoms with E-state index in [9.17, 15) is 13.2 Å². The average Bonchev–Trinajstić information content (AvgIpc) is 2.57. The number of aryl methyl sites for hydroxylation is 1. The third kappa shape index (κ3) is 3.64. The molecule has 18 heavy (non-hydrogen) atoms. The number of rotatable bonds is 6. The van der Waals surface area contributed by atoms with E-state index in [1.54, 1.807) is 6.92 Å². The van der Waals surface area contributed by atoms with Gasteiger partial charge in [0.1, 0.15) is 0 Å². The Morgan fingerprint density at radius 1 is 1.44 bits per heavy atom. The first-order valence-electron chi connectivity index (χ1n) is 5.52. The summed E-state index contributed by atoms with van der Waals surface area (Å²) in [5.74, 6) is 0. The van der Waals surface area contributed by atoms with Crippen molar-refractivity contribution in [2.45, 2.75) is 31.1 Å². The average molecular weight is 294 g/mol. The summed E-state index contributed by atoms with van der Waals surface area (Å²) in [5, 5.41) is 0. The number of sulfonamides is 1. The number of thiazole rings is 1. The van der Waals surface area contributed by atoms with Crippen LogP contribution in [-0.2, 0) is 14.8 Å². The van der Waals surface area contributed by atoms with Crippen LogP contribution in [0.25, 0.3) is 0 Å². The van der Waals surface area contributed by atoms with Crippen LogP contribution in [0.2, 0.25) is 0 Å². The van der Waals surface area contributed by atoms with Crippen LogP contribution in [-0.4, -0.2) is 44.0 Å². The fourth-order valence-corrected chi connectivity index (χ4v) is 3.96. The van der Waals surface area contributed by atoms with Crippen molar-refractivity contribution < 1.29 is 13.2 Å². The van der Waals surface area contributed by atoms with Crippen molar-refractivity contribution in [1.29, 1.82) is 0 Å². The van der Waals surface area contributed by atoms with E-state index in [0.29, 0.717) is 23.6 Å². The fourth-order valence-electron chi connectivity index (χ4n) is 1.32. The molecular weight excluding hydrogens is 276 g/mol. The second kappa shape index (κ2) is 5.96. The molecule has 0 atom stereocenters. The number of hydrogen-bond donors (Lipinski definition) is 1. The Balaban J connectivity index is 2.80. The number of nitrogens with one attached hydrogen (secondary N) is 1. The predicted octanol–water partition coefficient (Wildman–Crippen LogP) is 0.790. The molecule has 0 saturated carbocycles. The van der Waals surface area contributed by atoms with Gasteiger partial charge in [0.2, 0.25) is 0 Å². The first-order chi connectivity index (χ1) is 8.25. The second-order valence-electron chi connectivity index (χ2n) is 4.17. The fraction of sp³-hybridized carbons (Fsp3) is 0.700. The smallest absolute Gasteiger partial charge is 0.305 e. The molecule has 1 heterocycles. The van der Waals surface area contributed by atoms with Crippen LogP contribution in [0.3, 0.4) is 0 Å². The summed E-state index contributed by atoms with van der Waals surface area (Å²) >= 11 is 0.708. The number of hydrogen-bond acceptors (Lipinski definition) is 5. The van der Waals surface area contributed by atoms with Gasteiger partial charge < -0.3 is 9.72 Å². The van der Waals surface area contributed by atoms with E-state index >= 15 is 0 Å². The molecule has 1 aromatic heterocycles. The predicted molar refractivity (Wildman–Crippen MR) is 70.6 cm³/mol. The molecule has 0 aliphatic rings. The Hall–Kier alpha value is -0.700. The summed E-state index contributed by atoms with van der Waals surface area (Å²) in [5.41, 5.74) is 0.377. The van der Waals surface area contributed by atoms with Crippen LogP contribution < -0.4 is 4.87 Å². The van der Waals surface area contributed by atoms with Crippen molar-refractivity contribution in [3.8, 4) is 0 Å². The number of aromatic nitrogens is 1. The standard InChI is InChI=1S/C10H18N2O4S2/c1-7(2)16-6-5-12(4)18(14,15)9-8(3)11-10(13)17-9/h7H,5-6H2,1-4H3,(H,11,13). The third-order valence-corrected chi connectivity index (χ3v) is 5.72. The summed E-state index contributed by atoms with van der Waals surface area (Å²) in [4.78, 5) is 13.2. The highest BCUT2D eigenvalue weighted by Gasteiger charge is 2.25. The highest BCUT2D eigenvalue weighted by Crippen LogP contribution is 2.19. The van der Waals surface area contributed by atoms with Crippen molar-refractivity contribution in [2.75, 3.05) is 20.2 Å².